The lowest BCUT2D eigenvalue weighted by molar-refractivity contribution is 0.0951. The van der Waals surface area contributed by atoms with Gasteiger partial charge in [0, 0.05) is 41.4 Å². The number of amides is 1. The predicted octanol–water partition coefficient (Wildman–Crippen LogP) is 4.15. The van der Waals surface area contributed by atoms with Crippen LogP contribution in [0.5, 0.6) is 0 Å². The topological polar surface area (TPSA) is 83.0 Å². The highest BCUT2D eigenvalue weighted by molar-refractivity contribution is 6.35. The fraction of sp³-hybridized carbons (Fsp3) is 0.238. The van der Waals surface area contributed by atoms with E-state index >= 15 is 0 Å². The molecule has 0 aliphatic carbocycles. The second-order valence-corrected chi connectivity index (χ2v) is 7.76. The first-order chi connectivity index (χ1) is 14.4. The van der Waals surface area contributed by atoms with Gasteiger partial charge in [-0.05, 0) is 54.8 Å². The smallest absolute Gasteiger partial charge is 0.251 e. The number of aryl methyl sites for hydroxylation is 1. The Labute approximate surface area is 184 Å². The zero-order valence-corrected chi connectivity index (χ0v) is 18.1. The van der Waals surface area contributed by atoms with Crippen molar-refractivity contribution in [1.29, 1.82) is 0 Å². The van der Waals surface area contributed by atoms with Crippen LogP contribution in [0.15, 0.2) is 36.4 Å². The van der Waals surface area contributed by atoms with Gasteiger partial charge in [0.05, 0.1) is 0 Å². The molecule has 154 valence electrons. The summed E-state index contributed by atoms with van der Waals surface area (Å²) in [6.07, 6.45) is 0.805. The molecule has 4 rings (SSSR count). The molecule has 0 radical (unpaired) electrons. The molecule has 0 saturated heterocycles. The maximum atomic E-state index is 12.6. The first-order valence-corrected chi connectivity index (χ1v) is 10.2. The first-order valence-electron chi connectivity index (χ1n) is 9.47. The average molecular weight is 443 g/mol. The van der Waals surface area contributed by atoms with Crippen molar-refractivity contribution in [2.75, 3.05) is 23.8 Å². The van der Waals surface area contributed by atoms with Gasteiger partial charge in [-0.1, -0.05) is 29.3 Å². The van der Waals surface area contributed by atoms with Gasteiger partial charge >= 0.3 is 0 Å². The zero-order valence-electron chi connectivity index (χ0n) is 16.5. The van der Waals surface area contributed by atoms with Crippen molar-refractivity contribution in [3.05, 3.63) is 69.0 Å². The molecule has 2 aromatic carbocycles. The Bertz CT molecular complexity index is 1120. The second kappa shape index (κ2) is 8.45. The van der Waals surface area contributed by atoms with E-state index in [1.165, 1.54) is 0 Å². The van der Waals surface area contributed by atoms with Crippen LogP contribution in [-0.2, 0) is 13.0 Å². The van der Waals surface area contributed by atoms with E-state index in [9.17, 15) is 4.79 Å². The van der Waals surface area contributed by atoms with E-state index in [1.807, 2.05) is 36.1 Å². The van der Waals surface area contributed by atoms with Crippen LogP contribution in [-0.4, -0.2) is 34.5 Å². The summed E-state index contributed by atoms with van der Waals surface area (Å²) in [6, 6.07) is 10.9. The average Bonchev–Trinajstić information content (AvgIpc) is 3.15. The number of anilines is 3. The molecular weight excluding hydrogens is 423 g/mol. The predicted molar refractivity (Wildman–Crippen MR) is 119 cm³/mol. The highest BCUT2D eigenvalue weighted by atomic mass is 35.5. The van der Waals surface area contributed by atoms with Crippen molar-refractivity contribution in [3.63, 3.8) is 0 Å². The van der Waals surface area contributed by atoms with E-state index in [2.05, 4.69) is 25.6 Å². The summed E-state index contributed by atoms with van der Waals surface area (Å²) in [6.45, 7) is 2.91. The maximum absolute atomic E-state index is 12.6. The normalized spacial score (nSPS) is 12.6. The fourth-order valence-corrected chi connectivity index (χ4v) is 3.87. The SMILES string of the molecule is CNc1nc(C)nc(N2CCc3cc(C(=O)NCc4ccc(Cl)cc4Cl)ccc32)n1. The van der Waals surface area contributed by atoms with Gasteiger partial charge in [0.15, 0.2) is 0 Å². The van der Waals surface area contributed by atoms with Crippen LogP contribution < -0.4 is 15.5 Å². The lowest BCUT2D eigenvalue weighted by Crippen LogP contribution is -2.23. The summed E-state index contributed by atoms with van der Waals surface area (Å²) in [4.78, 5) is 27.8. The number of halogens is 2. The van der Waals surface area contributed by atoms with Gasteiger partial charge in [0.1, 0.15) is 5.82 Å². The second-order valence-electron chi connectivity index (χ2n) is 6.92. The van der Waals surface area contributed by atoms with Gasteiger partial charge in [-0.15, -0.1) is 0 Å². The molecular formula is C21H20Cl2N6O. The van der Waals surface area contributed by atoms with E-state index in [0.717, 1.165) is 29.8 Å². The number of benzene rings is 2. The molecule has 1 aliphatic heterocycles. The molecule has 0 fully saturated rings. The van der Waals surface area contributed by atoms with Gasteiger partial charge in [-0.2, -0.15) is 15.0 Å². The van der Waals surface area contributed by atoms with Crippen molar-refractivity contribution in [2.24, 2.45) is 0 Å². The number of fused-ring (bicyclic) bond motifs is 1. The summed E-state index contributed by atoms with van der Waals surface area (Å²) < 4.78 is 0. The Kier molecular flexibility index (Phi) is 5.74. The third-order valence-corrected chi connectivity index (χ3v) is 5.48. The number of carbonyl (C=O) groups excluding carboxylic acids is 1. The van der Waals surface area contributed by atoms with E-state index in [1.54, 1.807) is 19.2 Å². The Morgan fingerprint density at radius 3 is 2.73 bits per heavy atom. The molecule has 2 heterocycles. The number of hydrogen-bond donors (Lipinski definition) is 2. The lowest BCUT2D eigenvalue weighted by Gasteiger charge is -2.18. The quantitative estimate of drug-likeness (QED) is 0.617. The van der Waals surface area contributed by atoms with Gasteiger partial charge in [0.25, 0.3) is 5.91 Å². The van der Waals surface area contributed by atoms with Gasteiger partial charge in [-0.25, -0.2) is 0 Å². The summed E-state index contributed by atoms with van der Waals surface area (Å²) in [5, 5.41) is 6.96. The molecule has 0 atom stereocenters. The number of rotatable bonds is 5. The first kappa shape index (κ1) is 20.4. The Morgan fingerprint density at radius 1 is 1.13 bits per heavy atom. The number of aromatic nitrogens is 3. The molecule has 7 nitrogen and oxygen atoms in total. The van der Waals surface area contributed by atoms with Crippen LogP contribution in [0.2, 0.25) is 10.0 Å². The molecule has 0 saturated carbocycles. The molecule has 1 aromatic heterocycles. The van der Waals surface area contributed by atoms with Crippen LogP contribution in [0.4, 0.5) is 17.6 Å². The minimum atomic E-state index is -0.157. The zero-order chi connectivity index (χ0) is 21.3. The molecule has 30 heavy (non-hydrogen) atoms. The van der Waals surface area contributed by atoms with Crippen LogP contribution in [0.25, 0.3) is 0 Å². The molecule has 3 aromatic rings. The molecule has 0 spiro atoms. The third kappa shape index (κ3) is 4.17. The standard InChI is InChI=1S/C21H20Cl2N6O/c1-12-26-20(24-2)28-21(27-12)29-8-7-13-9-14(4-6-18(13)29)19(30)25-11-15-3-5-16(22)10-17(15)23/h3-6,9-10H,7-8,11H2,1-2H3,(H,25,30)(H,24,26,27,28). The van der Waals surface area contributed by atoms with Gasteiger partial charge < -0.3 is 15.5 Å². The Morgan fingerprint density at radius 2 is 1.97 bits per heavy atom. The van der Waals surface area contributed by atoms with Crippen molar-refractivity contribution in [3.8, 4) is 0 Å². The summed E-state index contributed by atoms with van der Waals surface area (Å²) in [5.74, 6) is 1.62. The summed E-state index contributed by atoms with van der Waals surface area (Å²) in [5.41, 5.74) is 3.49. The number of hydrogen-bond acceptors (Lipinski definition) is 6. The van der Waals surface area contributed by atoms with E-state index in [0.29, 0.717) is 39.9 Å². The Balaban J connectivity index is 1.50. The summed E-state index contributed by atoms with van der Waals surface area (Å²) >= 11 is 12.1. The monoisotopic (exact) mass is 442 g/mol. The van der Waals surface area contributed by atoms with E-state index in [-0.39, 0.29) is 5.91 Å². The molecule has 1 aliphatic rings. The number of carbonyl (C=O) groups is 1. The van der Waals surface area contributed by atoms with Crippen LogP contribution in [0.3, 0.4) is 0 Å². The lowest BCUT2D eigenvalue weighted by atomic mass is 10.1. The largest absolute Gasteiger partial charge is 0.357 e. The van der Waals surface area contributed by atoms with Crippen molar-refractivity contribution >= 4 is 46.7 Å². The number of nitrogens with zero attached hydrogens (tertiary/aromatic N) is 4. The summed E-state index contributed by atoms with van der Waals surface area (Å²) in [7, 11) is 1.78. The third-order valence-electron chi connectivity index (χ3n) is 4.89. The highest BCUT2D eigenvalue weighted by Gasteiger charge is 2.24. The van der Waals surface area contributed by atoms with Crippen molar-refractivity contribution in [2.45, 2.75) is 19.9 Å². The van der Waals surface area contributed by atoms with Gasteiger partial charge in [0.2, 0.25) is 11.9 Å². The van der Waals surface area contributed by atoms with Crippen LogP contribution >= 0.6 is 23.2 Å². The highest BCUT2D eigenvalue weighted by Crippen LogP contribution is 2.33. The minimum Gasteiger partial charge on any atom is -0.357 e. The molecule has 2 N–H and O–H groups in total. The minimum absolute atomic E-state index is 0.157. The van der Waals surface area contributed by atoms with Crippen LogP contribution in [0.1, 0.15) is 27.3 Å². The molecule has 1 amide bonds. The van der Waals surface area contributed by atoms with E-state index in [4.69, 9.17) is 23.2 Å². The maximum Gasteiger partial charge on any atom is 0.251 e. The van der Waals surface area contributed by atoms with E-state index < -0.39 is 0 Å². The molecule has 0 unspecified atom stereocenters. The van der Waals surface area contributed by atoms with Gasteiger partial charge in [-0.3, -0.25) is 4.79 Å². The molecule has 0 bridgehead atoms. The Hall–Kier alpha value is -2.90. The van der Waals surface area contributed by atoms with Crippen molar-refractivity contribution in [1.82, 2.24) is 20.3 Å². The number of nitrogens with one attached hydrogen (secondary N) is 2. The van der Waals surface area contributed by atoms with Crippen molar-refractivity contribution < 1.29 is 4.79 Å². The fourth-order valence-electron chi connectivity index (χ4n) is 3.39. The van der Waals surface area contributed by atoms with Crippen LogP contribution in [0, 0.1) is 6.92 Å². The molecule has 9 heteroatoms.